The first kappa shape index (κ1) is 18.6. The van der Waals surface area contributed by atoms with Gasteiger partial charge in [0.15, 0.2) is 0 Å². The Hall–Kier alpha value is -0.770. The molecule has 1 saturated heterocycles. The molecule has 23 heavy (non-hydrogen) atoms. The number of carbonyl (C=O) groups excluding carboxylic acids is 1. The molecule has 1 aliphatic carbocycles. The molecule has 0 radical (unpaired) electrons. The summed E-state index contributed by atoms with van der Waals surface area (Å²) in [4.78, 5) is 14.1. The van der Waals surface area contributed by atoms with Gasteiger partial charge < -0.3 is 15.0 Å². The maximum absolute atomic E-state index is 12.2. The van der Waals surface area contributed by atoms with Gasteiger partial charge in [-0.25, -0.2) is 4.79 Å². The van der Waals surface area contributed by atoms with Crippen LogP contribution in [0.15, 0.2) is 0 Å². The topological polar surface area (TPSA) is 41.6 Å². The summed E-state index contributed by atoms with van der Waals surface area (Å²) in [7, 11) is 0. The van der Waals surface area contributed by atoms with E-state index >= 15 is 0 Å². The minimum Gasteiger partial charge on any atom is -0.444 e. The van der Waals surface area contributed by atoms with Crippen LogP contribution in [0.25, 0.3) is 0 Å². The minimum absolute atomic E-state index is 0.147. The molecule has 2 aliphatic rings. The highest BCUT2D eigenvalue weighted by molar-refractivity contribution is 5.68. The summed E-state index contributed by atoms with van der Waals surface area (Å²) in [6.45, 7) is 9.67. The summed E-state index contributed by atoms with van der Waals surface area (Å²) in [6, 6.07) is 0. The third-order valence-corrected chi connectivity index (χ3v) is 5.01. The van der Waals surface area contributed by atoms with Crippen molar-refractivity contribution in [1.29, 1.82) is 0 Å². The molecule has 1 saturated carbocycles. The number of nitrogens with zero attached hydrogens (tertiary/aromatic N) is 1. The molecule has 0 bridgehead atoms. The smallest absolute Gasteiger partial charge is 0.410 e. The first-order chi connectivity index (χ1) is 10.9. The molecule has 4 nitrogen and oxygen atoms in total. The number of likely N-dealkylation sites (tertiary alicyclic amines) is 1. The van der Waals surface area contributed by atoms with Crippen LogP contribution in [0.5, 0.6) is 0 Å². The van der Waals surface area contributed by atoms with E-state index in [1.807, 2.05) is 25.7 Å². The Morgan fingerprint density at radius 2 is 1.61 bits per heavy atom. The van der Waals surface area contributed by atoms with Gasteiger partial charge >= 0.3 is 6.09 Å². The Morgan fingerprint density at radius 1 is 1.00 bits per heavy atom. The zero-order valence-electron chi connectivity index (χ0n) is 15.4. The first-order valence-electron chi connectivity index (χ1n) is 9.63. The molecule has 0 aromatic rings. The number of hydrogen-bond acceptors (Lipinski definition) is 3. The Balaban J connectivity index is 1.68. The lowest BCUT2D eigenvalue weighted by Crippen LogP contribution is -2.45. The first-order valence-corrected chi connectivity index (χ1v) is 9.63. The van der Waals surface area contributed by atoms with Crippen molar-refractivity contribution >= 4 is 6.09 Å². The number of hydrogen-bond donors (Lipinski definition) is 1. The van der Waals surface area contributed by atoms with Gasteiger partial charge in [0.25, 0.3) is 0 Å². The highest BCUT2D eigenvalue weighted by Crippen LogP contribution is 2.23. The average molecular weight is 325 g/mol. The van der Waals surface area contributed by atoms with Gasteiger partial charge in [-0.1, -0.05) is 25.7 Å². The summed E-state index contributed by atoms with van der Waals surface area (Å²) in [6.07, 6.45) is 10.6. The van der Waals surface area contributed by atoms with Crippen molar-refractivity contribution in [2.75, 3.05) is 26.2 Å². The van der Waals surface area contributed by atoms with Gasteiger partial charge in [-0.05, 0) is 71.4 Å². The summed E-state index contributed by atoms with van der Waals surface area (Å²) < 4.78 is 5.51. The third kappa shape index (κ3) is 7.11. The van der Waals surface area contributed by atoms with Crippen LogP contribution in [0, 0.1) is 11.8 Å². The Labute approximate surface area is 142 Å². The normalized spacial score (nSPS) is 24.3. The van der Waals surface area contributed by atoms with Crippen molar-refractivity contribution in [3.63, 3.8) is 0 Å². The number of carbonyl (C=O) groups is 1. The van der Waals surface area contributed by atoms with Gasteiger partial charge in [0.2, 0.25) is 0 Å². The largest absolute Gasteiger partial charge is 0.444 e. The highest BCUT2D eigenvalue weighted by atomic mass is 16.6. The lowest BCUT2D eigenvalue weighted by Gasteiger charge is -2.34. The lowest BCUT2D eigenvalue weighted by molar-refractivity contribution is 0.0166. The van der Waals surface area contributed by atoms with Gasteiger partial charge in [-0.15, -0.1) is 0 Å². The van der Waals surface area contributed by atoms with Gasteiger partial charge in [0.1, 0.15) is 5.60 Å². The van der Waals surface area contributed by atoms with Gasteiger partial charge in [-0.3, -0.25) is 0 Å². The van der Waals surface area contributed by atoms with E-state index in [1.54, 1.807) is 0 Å². The maximum atomic E-state index is 12.2. The third-order valence-electron chi connectivity index (χ3n) is 5.01. The van der Waals surface area contributed by atoms with E-state index in [0.717, 1.165) is 38.5 Å². The van der Waals surface area contributed by atoms with Crippen LogP contribution in [0.3, 0.4) is 0 Å². The standard InChI is InChI=1S/C19H36N2O2/c1-19(2,3)23-18(22)21-12-8-11-17(15-21)14-20-13-16-9-6-4-5-7-10-16/h16-17,20H,4-15H2,1-3H3. The number of rotatable bonds is 4. The molecule has 1 amide bonds. The Morgan fingerprint density at radius 3 is 2.26 bits per heavy atom. The minimum atomic E-state index is -0.401. The van der Waals surface area contributed by atoms with Crippen molar-refractivity contribution in [2.24, 2.45) is 11.8 Å². The number of amides is 1. The number of ether oxygens (including phenoxy) is 1. The predicted octanol–water partition coefficient (Wildman–Crippen LogP) is 4.19. The SMILES string of the molecule is CC(C)(C)OC(=O)N1CCCC(CNCC2CCCCCC2)C1. The zero-order valence-corrected chi connectivity index (χ0v) is 15.4. The van der Waals surface area contributed by atoms with Crippen LogP contribution in [0.4, 0.5) is 4.79 Å². The summed E-state index contributed by atoms with van der Waals surface area (Å²) in [5.41, 5.74) is -0.401. The lowest BCUT2D eigenvalue weighted by atomic mass is 9.97. The van der Waals surface area contributed by atoms with E-state index in [2.05, 4.69) is 5.32 Å². The number of piperidine rings is 1. The summed E-state index contributed by atoms with van der Waals surface area (Å²) in [5.74, 6) is 1.44. The Bertz CT molecular complexity index is 357. The van der Waals surface area contributed by atoms with Crippen molar-refractivity contribution in [1.82, 2.24) is 10.2 Å². The van der Waals surface area contributed by atoms with Crippen LogP contribution in [-0.4, -0.2) is 42.8 Å². The van der Waals surface area contributed by atoms with Crippen LogP contribution < -0.4 is 5.32 Å². The Kier molecular flexibility index (Phi) is 7.19. The van der Waals surface area contributed by atoms with Crippen molar-refractivity contribution in [3.8, 4) is 0 Å². The molecule has 2 rings (SSSR count). The van der Waals surface area contributed by atoms with Crippen molar-refractivity contribution in [2.45, 2.75) is 77.7 Å². The van der Waals surface area contributed by atoms with E-state index in [4.69, 9.17) is 4.74 Å². The summed E-state index contributed by atoms with van der Waals surface area (Å²) in [5, 5.41) is 3.68. The van der Waals surface area contributed by atoms with Gasteiger partial charge in [0, 0.05) is 13.1 Å². The highest BCUT2D eigenvalue weighted by Gasteiger charge is 2.27. The molecule has 1 heterocycles. The van der Waals surface area contributed by atoms with Crippen molar-refractivity contribution in [3.05, 3.63) is 0 Å². The van der Waals surface area contributed by atoms with Crippen LogP contribution in [-0.2, 0) is 4.74 Å². The second kappa shape index (κ2) is 8.91. The fraction of sp³-hybridized carbons (Fsp3) is 0.947. The van der Waals surface area contributed by atoms with Crippen LogP contribution in [0.2, 0.25) is 0 Å². The second-order valence-electron chi connectivity index (χ2n) is 8.45. The molecule has 0 aromatic carbocycles. The molecule has 2 fully saturated rings. The molecule has 0 aromatic heterocycles. The number of nitrogens with one attached hydrogen (secondary N) is 1. The van der Waals surface area contributed by atoms with E-state index in [9.17, 15) is 4.79 Å². The van der Waals surface area contributed by atoms with E-state index < -0.39 is 5.60 Å². The molecule has 1 unspecified atom stereocenters. The molecule has 4 heteroatoms. The fourth-order valence-electron chi connectivity index (χ4n) is 3.78. The average Bonchev–Trinajstić information content (AvgIpc) is 2.75. The predicted molar refractivity (Wildman–Crippen MR) is 94.6 cm³/mol. The molecular weight excluding hydrogens is 288 g/mol. The summed E-state index contributed by atoms with van der Waals surface area (Å²) >= 11 is 0. The van der Waals surface area contributed by atoms with Gasteiger partial charge in [0.05, 0.1) is 0 Å². The molecule has 1 aliphatic heterocycles. The van der Waals surface area contributed by atoms with Crippen LogP contribution in [0.1, 0.15) is 72.1 Å². The fourth-order valence-corrected chi connectivity index (χ4v) is 3.78. The molecular formula is C19H36N2O2. The van der Waals surface area contributed by atoms with E-state index in [0.29, 0.717) is 5.92 Å². The molecule has 134 valence electrons. The quantitative estimate of drug-likeness (QED) is 0.788. The van der Waals surface area contributed by atoms with Crippen molar-refractivity contribution < 1.29 is 9.53 Å². The van der Waals surface area contributed by atoms with E-state index in [-0.39, 0.29) is 6.09 Å². The van der Waals surface area contributed by atoms with Gasteiger partial charge in [-0.2, -0.15) is 0 Å². The molecule has 1 N–H and O–H groups in total. The maximum Gasteiger partial charge on any atom is 0.410 e. The second-order valence-corrected chi connectivity index (χ2v) is 8.45. The molecule has 0 spiro atoms. The zero-order chi connectivity index (χ0) is 16.7. The molecule has 1 atom stereocenters. The van der Waals surface area contributed by atoms with E-state index in [1.165, 1.54) is 44.9 Å². The van der Waals surface area contributed by atoms with Crippen LogP contribution >= 0.6 is 0 Å². The monoisotopic (exact) mass is 324 g/mol.